The summed E-state index contributed by atoms with van der Waals surface area (Å²) in [5.74, 6) is 0.129. The van der Waals surface area contributed by atoms with Gasteiger partial charge in [0.25, 0.3) is 5.91 Å². The molecule has 0 bridgehead atoms. The molecule has 2 fully saturated rings. The van der Waals surface area contributed by atoms with Crippen molar-refractivity contribution < 1.29 is 9.59 Å². The summed E-state index contributed by atoms with van der Waals surface area (Å²) in [6, 6.07) is 8.91. The molecule has 1 spiro atoms. The van der Waals surface area contributed by atoms with Crippen LogP contribution in [0.2, 0.25) is 0 Å². The maximum atomic E-state index is 12.5. The second-order valence-corrected chi connectivity index (χ2v) is 6.26. The lowest BCUT2D eigenvalue weighted by Crippen LogP contribution is -2.50. The Balaban J connectivity index is 1.65. The van der Waals surface area contributed by atoms with Gasteiger partial charge in [0, 0.05) is 31.6 Å². The zero-order valence-corrected chi connectivity index (χ0v) is 12.5. The first-order valence-electron chi connectivity index (χ1n) is 7.68. The van der Waals surface area contributed by atoms with Crippen LogP contribution in [0.25, 0.3) is 0 Å². The molecule has 2 aliphatic rings. The van der Waals surface area contributed by atoms with Gasteiger partial charge in [-0.3, -0.25) is 9.59 Å². The first kappa shape index (κ1) is 14.6. The van der Waals surface area contributed by atoms with E-state index in [2.05, 4.69) is 11.4 Å². The molecule has 1 aromatic rings. The minimum atomic E-state index is -0.00760. The van der Waals surface area contributed by atoms with Crippen LogP contribution in [0.5, 0.6) is 0 Å². The van der Waals surface area contributed by atoms with Gasteiger partial charge in [-0.05, 0) is 42.9 Å². The Hall–Kier alpha value is -2.35. The summed E-state index contributed by atoms with van der Waals surface area (Å²) in [6.07, 6.45) is 3.37. The second-order valence-electron chi connectivity index (χ2n) is 6.26. The Bertz CT molecular complexity index is 628. The van der Waals surface area contributed by atoms with E-state index in [-0.39, 0.29) is 17.2 Å². The quantitative estimate of drug-likeness (QED) is 0.857. The Kier molecular flexibility index (Phi) is 3.84. The second kappa shape index (κ2) is 5.80. The van der Waals surface area contributed by atoms with Gasteiger partial charge in [-0.2, -0.15) is 5.26 Å². The highest BCUT2D eigenvalue weighted by molar-refractivity contribution is 5.94. The highest BCUT2D eigenvalue weighted by Crippen LogP contribution is 2.37. The van der Waals surface area contributed by atoms with Gasteiger partial charge in [0.1, 0.15) is 0 Å². The van der Waals surface area contributed by atoms with Crippen LogP contribution in [0.3, 0.4) is 0 Å². The average molecular weight is 297 g/mol. The fourth-order valence-corrected chi connectivity index (χ4v) is 3.36. The third-order valence-corrected chi connectivity index (χ3v) is 4.89. The van der Waals surface area contributed by atoms with E-state index in [1.807, 2.05) is 4.90 Å². The van der Waals surface area contributed by atoms with Gasteiger partial charge in [0.2, 0.25) is 5.91 Å². The molecule has 0 atom stereocenters. The number of benzene rings is 1. The number of carbonyl (C=O) groups excluding carboxylic acids is 2. The lowest BCUT2D eigenvalue weighted by atomic mass is 9.73. The van der Waals surface area contributed by atoms with Gasteiger partial charge in [-0.25, -0.2) is 0 Å². The number of nitrogens with zero attached hydrogens (tertiary/aromatic N) is 2. The molecule has 5 nitrogen and oxygen atoms in total. The van der Waals surface area contributed by atoms with Gasteiger partial charge in [-0.1, -0.05) is 6.07 Å². The number of nitrogens with one attached hydrogen (secondary N) is 1. The fourth-order valence-electron chi connectivity index (χ4n) is 3.36. The molecule has 22 heavy (non-hydrogen) atoms. The highest BCUT2D eigenvalue weighted by Gasteiger charge is 2.38. The van der Waals surface area contributed by atoms with E-state index >= 15 is 0 Å². The summed E-state index contributed by atoms with van der Waals surface area (Å²) < 4.78 is 0. The van der Waals surface area contributed by atoms with E-state index in [0.29, 0.717) is 30.6 Å². The van der Waals surface area contributed by atoms with Crippen molar-refractivity contribution in [3.63, 3.8) is 0 Å². The summed E-state index contributed by atoms with van der Waals surface area (Å²) in [7, 11) is 0. The minimum Gasteiger partial charge on any atom is -0.356 e. The Morgan fingerprint density at radius 1 is 1.27 bits per heavy atom. The molecule has 3 rings (SSSR count). The summed E-state index contributed by atoms with van der Waals surface area (Å²) >= 11 is 0. The van der Waals surface area contributed by atoms with Crippen molar-refractivity contribution in [1.29, 1.82) is 5.26 Å². The van der Waals surface area contributed by atoms with Gasteiger partial charge >= 0.3 is 0 Å². The summed E-state index contributed by atoms with van der Waals surface area (Å²) in [6.45, 7) is 2.16. The molecule has 0 radical (unpaired) electrons. The molecular formula is C17H19N3O2. The van der Waals surface area contributed by atoms with E-state index in [9.17, 15) is 9.59 Å². The van der Waals surface area contributed by atoms with Crippen LogP contribution in [0.4, 0.5) is 0 Å². The molecular weight excluding hydrogens is 278 g/mol. The molecule has 0 aromatic heterocycles. The first-order valence-corrected chi connectivity index (χ1v) is 7.68. The van der Waals surface area contributed by atoms with Crippen molar-refractivity contribution in [3.05, 3.63) is 35.4 Å². The van der Waals surface area contributed by atoms with Crippen LogP contribution in [0.1, 0.15) is 41.6 Å². The smallest absolute Gasteiger partial charge is 0.253 e. The van der Waals surface area contributed by atoms with E-state index in [4.69, 9.17) is 5.26 Å². The van der Waals surface area contributed by atoms with Crippen LogP contribution in [-0.2, 0) is 4.79 Å². The number of carbonyl (C=O) groups is 2. The van der Waals surface area contributed by atoms with Crippen LogP contribution in [-0.4, -0.2) is 36.3 Å². The number of piperidine rings is 2. The van der Waals surface area contributed by atoms with Gasteiger partial charge < -0.3 is 10.2 Å². The number of rotatable bonds is 1. The van der Waals surface area contributed by atoms with Crippen LogP contribution < -0.4 is 5.32 Å². The molecule has 2 heterocycles. The van der Waals surface area contributed by atoms with Gasteiger partial charge in [-0.15, -0.1) is 0 Å². The number of likely N-dealkylation sites (tertiary alicyclic amines) is 1. The molecule has 0 aliphatic carbocycles. The molecule has 0 saturated carbocycles. The third kappa shape index (κ3) is 2.82. The number of hydrogen-bond donors (Lipinski definition) is 1. The SMILES string of the molecule is N#Cc1cccc(C(=O)N2CCC3(CCC(=O)NC3)CC2)c1. The first-order chi connectivity index (χ1) is 10.6. The lowest BCUT2D eigenvalue weighted by Gasteiger charge is -2.44. The van der Waals surface area contributed by atoms with Crippen molar-refractivity contribution in [2.75, 3.05) is 19.6 Å². The zero-order chi connectivity index (χ0) is 15.6. The molecule has 0 unspecified atom stereocenters. The maximum absolute atomic E-state index is 12.5. The van der Waals surface area contributed by atoms with Gasteiger partial charge in [0.05, 0.1) is 11.6 Å². The zero-order valence-electron chi connectivity index (χ0n) is 12.5. The predicted molar refractivity (Wildman–Crippen MR) is 81.0 cm³/mol. The topological polar surface area (TPSA) is 73.2 Å². The van der Waals surface area contributed by atoms with Crippen molar-refractivity contribution in [2.45, 2.75) is 25.7 Å². The molecule has 2 aliphatic heterocycles. The van der Waals surface area contributed by atoms with Crippen LogP contribution >= 0.6 is 0 Å². The third-order valence-electron chi connectivity index (χ3n) is 4.89. The number of hydrogen-bond acceptors (Lipinski definition) is 3. The normalized spacial score (nSPS) is 20.3. The number of nitriles is 1. The highest BCUT2D eigenvalue weighted by atomic mass is 16.2. The van der Waals surface area contributed by atoms with Gasteiger partial charge in [0.15, 0.2) is 0 Å². The standard InChI is InChI=1S/C17H19N3O2/c18-11-13-2-1-3-14(10-13)16(22)20-8-6-17(7-9-20)5-4-15(21)19-12-17/h1-3,10H,4-9,12H2,(H,19,21). The van der Waals surface area contributed by atoms with Crippen molar-refractivity contribution in [3.8, 4) is 6.07 Å². The Labute approximate surface area is 129 Å². The monoisotopic (exact) mass is 297 g/mol. The molecule has 1 aromatic carbocycles. The molecule has 5 heteroatoms. The fraction of sp³-hybridized carbons (Fsp3) is 0.471. The van der Waals surface area contributed by atoms with Crippen molar-refractivity contribution in [2.24, 2.45) is 5.41 Å². The Morgan fingerprint density at radius 3 is 2.68 bits per heavy atom. The van der Waals surface area contributed by atoms with Crippen molar-refractivity contribution >= 4 is 11.8 Å². The molecule has 2 saturated heterocycles. The lowest BCUT2D eigenvalue weighted by molar-refractivity contribution is -0.125. The predicted octanol–water partition coefficient (Wildman–Crippen LogP) is 1.69. The molecule has 1 N–H and O–H groups in total. The van der Waals surface area contributed by atoms with E-state index in [1.54, 1.807) is 24.3 Å². The summed E-state index contributed by atoms with van der Waals surface area (Å²) in [5, 5.41) is 11.9. The van der Waals surface area contributed by atoms with Crippen LogP contribution in [0, 0.1) is 16.7 Å². The summed E-state index contributed by atoms with van der Waals surface area (Å²) in [5.41, 5.74) is 1.25. The Morgan fingerprint density at radius 2 is 2.05 bits per heavy atom. The number of amides is 2. The largest absolute Gasteiger partial charge is 0.356 e. The van der Waals surface area contributed by atoms with Crippen molar-refractivity contribution in [1.82, 2.24) is 10.2 Å². The van der Waals surface area contributed by atoms with E-state index in [1.165, 1.54) is 0 Å². The van der Waals surface area contributed by atoms with E-state index in [0.717, 1.165) is 25.8 Å². The summed E-state index contributed by atoms with van der Waals surface area (Å²) in [4.78, 5) is 25.7. The minimum absolute atomic E-state index is 0.00760. The van der Waals surface area contributed by atoms with Crippen LogP contribution in [0.15, 0.2) is 24.3 Å². The average Bonchev–Trinajstić information content (AvgIpc) is 2.58. The molecule has 2 amide bonds. The molecule has 114 valence electrons. The van der Waals surface area contributed by atoms with E-state index < -0.39 is 0 Å². The maximum Gasteiger partial charge on any atom is 0.253 e.